The van der Waals surface area contributed by atoms with E-state index in [-0.39, 0.29) is 0 Å². The summed E-state index contributed by atoms with van der Waals surface area (Å²) in [6.45, 7) is 6.83. The first-order valence-corrected chi connectivity index (χ1v) is 8.27. The highest BCUT2D eigenvalue weighted by atomic mass is 32.1. The number of aryl methyl sites for hydroxylation is 1. The summed E-state index contributed by atoms with van der Waals surface area (Å²) in [6, 6.07) is 2.34. The summed E-state index contributed by atoms with van der Waals surface area (Å²) < 4.78 is 0. The van der Waals surface area contributed by atoms with Crippen molar-refractivity contribution in [2.24, 2.45) is 0 Å². The van der Waals surface area contributed by atoms with Gasteiger partial charge in [0.15, 0.2) is 0 Å². The van der Waals surface area contributed by atoms with Crippen molar-refractivity contribution in [3.8, 4) is 0 Å². The molecule has 2 nitrogen and oxygen atoms in total. The number of hydrogen-bond donors (Lipinski definition) is 2. The molecular weight excluding hydrogens is 240 g/mol. The molecule has 1 aromatic heterocycles. The molecule has 1 heterocycles. The van der Waals surface area contributed by atoms with E-state index in [0.717, 1.165) is 32.1 Å². The third-order valence-electron chi connectivity index (χ3n) is 3.70. The molecule has 102 valence electrons. The molecular formula is C15H26N2S. The second-order valence-corrected chi connectivity index (χ2v) is 6.20. The molecule has 0 saturated heterocycles. The van der Waals surface area contributed by atoms with Gasteiger partial charge >= 0.3 is 0 Å². The average molecular weight is 266 g/mol. The normalized spacial score (nSPS) is 18.8. The lowest BCUT2D eigenvalue weighted by Gasteiger charge is -2.22. The molecule has 0 radical (unpaired) electrons. The lowest BCUT2D eigenvalue weighted by molar-refractivity contribution is 0.502. The zero-order chi connectivity index (χ0) is 12.6. The zero-order valence-corrected chi connectivity index (χ0v) is 12.3. The van der Waals surface area contributed by atoms with Crippen LogP contribution >= 0.6 is 11.3 Å². The van der Waals surface area contributed by atoms with E-state index in [1.807, 2.05) is 11.3 Å². The summed E-state index contributed by atoms with van der Waals surface area (Å²) in [7, 11) is 0. The van der Waals surface area contributed by atoms with Gasteiger partial charge < -0.3 is 10.6 Å². The lowest BCUT2D eigenvalue weighted by atomic mass is 9.88. The van der Waals surface area contributed by atoms with Gasteiger partial charge in [-0.05, 0) is 74.7 Å². The molecule has 1 aliphatic carbocycles. The van der Waals surface area contributed by atoms with Crippen LogP contribution in [0.25, 0.3) is 0 Å². The Labute approximate surface area is 115 Å². The molecule has 1 atom stereocenters. The minimum absolute atomic E-state index is 0.767. The predicted molar refractivity (Wildman–Crippen MR) is 80.6 cm³/mol. The maximum Gasteiger partial charge on any atom is 0.00805 e. The van der Waals surface area contributed by atoms with Crippen LogP contribution in [0.5, 0.6) is 0 Å². The molecule has 0 amide bonds. The first kappa shape index (κ1) is 14.0. The van der Waals surface area contributed by atoms with Crippen molar-refractivity contribution in [2.75, 3.05) is 26.2 Å². The molecule has 0 fully saturated rings. The number of thiophene rings is 1. The van der Waals surface area contributed by atoms with Crippen LogP contribution in [0.1, 0.15) is 49.0 Å². The van der Waals surface area contributed by atoms with Crippen LogP contribution in [-0.2, 0) is 6.42 Å². The third kappa shape index (κ3) is 4.08. The highest BCUT2D eigenvalue weighted by Crippen LogP contribution is 2.34. The van der Waals surface area contributed by atoms with Gasteiger partial charge in [0.25, 0.3) is 0 Å². The van der Waals surface area contributed by atoms with Gasteiger partial charge in [-0.3, -0.25) is 0 Å². The van der Waals surface area contributed by atoms with Gasteiger partial charge in [0, 0.05) is 11.4 Å². The smallest absolute Gasteiger partial charge is 0.00805 e. The van der Waals surface area contributed by atoms with E-state index < -0.39 is 0 Å². The minimum Gasteiger partial charge on any atom is -0.317 e. The molecule has 0 bridgehead atoms. The van der Waals surface area contributed by atoms with Gasteiger partial charge in [-0.1, -0.05) is 6.92 Å². The van der Waals surface area contributed by atoms with Crippen molar-refractivity contribution in [1.82, 2.24) is 10.6 Å². The van der Waals surface area contributed by atoms with Crippen LogP contribution in [0.3, 0.4) is 0 Å². The first-order valence-electron chi connectivity index (χ1n) is 7.39. The minimum atomic E-state index is 0.767. The van der Waals surface area contributed by atoms with Gasteiger partial charge in [0.05, 0.1) is 0 Å². The van der Waals surface area contributed by atoms with E-state index >= 15 is 0 Å². The molecule has 2 rings (SSSR count). The Morgan fingerprint density at radius 1 is 1.28 bits per heavy atom. The van der Waals surface area contributed by atoms with E-state index in [9.17, 15) is 0 Å². The van der Waals surface area contributed by atoms with E-state index in [1.165, 1.54) is 32.1 Å². The largest absolute Gasteiger partial charge is 0.317 e. The van der Waals surface area contributed by atoms with Crippen LogP contribution in [0.15, 0.2) is 11.4 Å². The highest BCUT2D eigenvalue weighted by Gasteiger charge is 2.20. The molecule has 2 N–H and O–H groups in total. The van der Waals surface area contributed by atoms with Gasteiger partial charge in [-0.15, -0.1) is 11.3 Å². The van der Waals surface area contributed by atoms with E-state index in [0.29, 0.717) is 0 Å². The summed E-state index contributed by atoms with van der Waals surface area (Å²) in [4.78, 5) is 1.64. The molecule has 18 heavy (non-hydrogen) atoms. The third-order valence-corrected chi connectivity index (χ3v) is 4.70. The standard InChI is InChI=1S/C15H26N2S/c1-2-8-16-9-4-10-17-12-13-5-3-6-15-14(13)7-11-18-15/h7,11,13,16-17H,2-6,8-10,12H2,1H3. The molecule has 0 saturated carbocycles. The van der Waals surface area contributed by atoms with Crippen LogP contribution in [0.4, 0.5) is 0 Å². The molecule has 1 unspecified atom stereocenters. The summed E-state index contributed by atoms with van der Waals surface area (Å²) in [6.07, 6.45) is 6.52. The molecule has 0 spiro atoms. The Hall–Kier alpha value is -0.380. The highest BCUT2D eigenvalue weighted by molar-refractivity contribution is 7.10. The first-order chi connectivity index (χ1) is 8.92. The number of fused-ring (bicyclic) bond motifs is 1. The summed E-state index contributed by atoms with van der Waals surface area (Å²) >= 11 is 1.94. The van der Waals surface area contributed by atoms with Crippen LogP contribution in [-0.4, -0.2) is 26.2 Å². The van der Waals surface area contributed by atoms with Crippen LogP contribution in [0.2, 0.25) is 0 Å². The van der Waals surface area contributed by atoms with Crippen molar-refractivity contribution in [1.29, 1.82) is 0 Å². The van der Waals surface area contributed by atoms with Crippen molar-refractivity contribution >= 4 is 11.3 Å². The van der Waals surface area contributed by atoms with Crippen molar-refractivity contribution in [2.45, 2.75) is 44.9 Å². The molecule has 0 aromatic carbocycles. The molecule has 1 aromatic rings. The van der Waals surface area contributed by atoms with E-state index in [4.69, 9.17) is 0 Å². The van der Waals surface area contributed by atoms with Crippen molar-refractivity contribution in [3.63, 3.8) is 0 Å². The fraction of sp³-hybridized carbons (Fsp3) is 0.733. The summed E-state index contributed by atoms with van der Waals surface area (Å²) in [5.74, 6) is 0.767. The topological polar surface area (TPSA) is 24.1 Å². The molecule has 0 aliphatic heterocycles. The van der Waals surface area contributed by atoms with Crippen molar-refractivity contribution in [3.05, 3.63) is 21.9 Å². The Morgan fingerprint density at radius 3 is 3.06 bits per heavy atom. The summed E-state index contributed by atoms with van der Waals surface area (Å²) in [5.41, 5.74) is 1.63. The fourth-order valence-electron chi connectivity index (χ4n) is 2.71. The van der Waals surface area contributed by atoms with E-state index in [1.54, 1.807) is 10.4 Å². The van der Waals surface area contributed by atoms with E-state index in [2.05, 4.69) is 29.0 Å². The van der Waals surface area contributed by atoms with Gasteiger partial charge in [-0.2, -0.15) is 0 Å². The Balaban J connectivity index is 1.60. The monoisotopic (exact) mass is 266 g/mol. The number of rotatable bonds is 8. The van der Waals surface area contributed by atoms with Gasteiger partial charge in [-0.25, -0.2) is 0 Å². The SMILES string of the molecule is CCCNCCCNCC1CCCc2sccc21. The van der Waals surface area contributed by atoms with Crippen molar-refractivity contribution < 1.29 is 0 Å². The summed E-state index contributed by atoms with van der Waals surface area (Å²) in [5, 5.41) is 9.34. The van der Waals surface area contributed by atoms with Gasteiger partial charge in [0.2, 0.25) is 0 Å². The lowest BCUT2D eigenvalue weighted by Crippen LogP contribution is -2.27. The number of nitrogens with one attached hydrogen (secondary N) is 2. The second kappa shape index (κ2) is 7.93. The maximum absolute atomic E-state index is 3.63. The Bertz CT molecular complexity index is 335. The van der Waals surface area contributed by atoms with Gasteiger partial charge in [0.1, 0.15) is 0 Å². The van der Waals surface area contributed by atoms with Crippen LogP contribution < -0.4 is 10.6 Å². The quantitative estimate of drug-likeness (QED) is 0.706. The fourth-order valence-corrected chi connectivity index (χ4v) is 3.72. The predicted octanol–water partition coefficient (Wildman–Crippen LogP) is 3.15. The van der Waals surface area contributed by atoms with Crippen LogP contribution in [0, 0.1) is 0 Å². The number of hydrogen-bond acceptors (Lipinski definition) is 3. The Kier molecular flexibility index (Phi) is 6.18. The second-order valence-electron chi connectivity index (χ2n) is 5.20. The average Bonchev–Trinajstić information content (AvgIpc) is 2.86. The zero-order valence-electron chi connectivity index (χ0n) is 11.5. The molecule has 3 heteroatoms. The molecule has 1 aliphatic rings. The Morgan fingerprint density at radius 2 is 2.17 bits per heavy atom. The maximum atomic E-state index is 3.63.